The fourth-order valence-corrected chi connectivity index (χ4v) is 3.06. The number of amides is 1. The molecule has 1 fully saturated rings. The summed E-state index contributed by atoms with van der Waals surface area (Å²) in [5, 5.41) is 3.05. The zero-order valence-electron chi connectivity index (χ0n) is 12.3. The second-order valence-corrected chi connectivity index (χ2v) is 5.69. The molecule has 2 rings (SSSR count). The Kier molecular flexibility index (Phi) is 5.12. The molecular formula is C16H25N3O. The van der Waals surface area contributed by atoms with Crippen molar-refractivity contribution in [3.05, 3.63) is 29.6 Å². The van der Waals surface area contributed by atoms with E-state index >= 15 is 0 Å². The summed E-state index contributed by atoms with van der Waals surface area (Å²) in [6, 6.07) is 4.00. The minimum absolute atomic E-state index is 0.104. The molecule has 0 radical (unpaired) electrons. The van der Waals surface area contributed by atoms with Crippen molar-refractivity contribution >= 4 is 5.91 Å². The molecule has 0 spiro atoms. The van der Waals surface area contributed by atoms with Gasteiger partial charge in [0.1, 0.15) is 0 Å². The molecule has 1 heterocycles. The summed E-state index contributed by atoms with van der Waals surface area (Å²) in [6.07, 6.45) is 7.97. The van der Waals surface area contributed by atoms with Gasteiger partial charge in [-0.15, -0.1) is 0 Å². The molecule has 1 aromatic heterocycles. The summed E-state index contributed by atoms with van der Waals surface area (Å²) in [4.78, 5) is 16.9. The van der Waals surface area contributed by atoms with Crippen LogP contribution < -0.4 is 11.1 Å². The van der Waals surface area contributed by atoms with Gasteiger partial charge in [-0.2, -0.15) is 0 Å². The minimum atomic E-state index is -0.348. The monoisotopic (exact) mass is 275 g/mol. The molecule has 1 aromatic rings. The number of hydrogen-bond acceptors (Lipinski definition) is 3. The summed E-state index contributed by atoms with van der Waals surface area (Å²) < 4.78 is 0. The highest BCUT2D eigenvalue weighted by molar-refractivity contribution is 5.83. The van der Waals surface area contributed by atoms with E-state index in [0.29, 0.717) is 13.1 Å². The standard InChI is InChI=1S/C16H25N3O/c1-2-13-7-6-10-18-14(13)11-19-15(20)16(12-17)8-4-3-5-9-16/h6-7,10H,2-5,8-9,11-12,17H2,1H3,(H,19,20). The van der Waals surface area contributed by atoms with Crippen LogP contribution in [-0.4, -0.2) is 17.4 Å². The third-order valence-electron chi connectivity index (χ3n) is 4.46. The SMILES string of the molecule is CCc1cccnc1CNC(=O)C1(CN)CCCCC1. The van der Waals surface area contributed by atoms with Gasteiger partial charge in [0.2, 0.25) is 5.91 Å². The van der Waals surface area contributed by atoms with Gasteiger partial charge in [-0.3, -0.25) is 9.78 Å². The molecule has 0 atom stereocenters. The van der Waals surface area contributed by atoms with Crippen molar-refractivity contribution in [2.24, 2.45) is 11.1 Å². The molecule has 0 bridgehead atoms. The van der Waals surface area contributed by atoms with Gasteiger partial charge in [-0.05, 0) is 30.9 Å². The van der Waals surface area contributed by atoms with Crippen molar-refractivity contribution in [3.8, 4) is 0 Å². The van der Waals surface area contributed by atoms with E-state index in [0.717, 1.165) is 37.8 Å². The van der Waals surface area contributed by atoms with E-state index in [2.05, 4.69) is 23.3 Å². The lowest BCUT2D eigenvalue weighted by molar-refractivity contribution is -0.132. The van der Waals surface area contributed by atoms with Gasteiger partial charge in [0, 0.05) is 12.7 Å². The van der Waals surface area contributed by atoms with Crippen molar-refractivity contribution in [2.45, 2.75) is 52.0 Å². The zero-order valence-corrected chi connectivity index (χ0v) is 12.3. The number of nitrogens with zero attached hydrogens (tertiary/aromatic N) is 1. The number of nitrogens with one attached hydrogen (secondary N) is 1. The van der Waals surface area contributed by atoms with E-state index in [1.165, 1.54) is 12.0 Å². The molecule has 1 amide bonds. The van der Waals surface area contributed by atoms with Crippen LogP contribution in [0.15, 0.2) is 18.3 Å². The lowest BCUT2D eigenvalue weighted by atomic mass is 9.73. The lowest BCUT2D eigenvalue weighted by Crippen LogP contribution is -2.47. The quantitative estimate of drug-likeness (QED) is 0.865. The number of aryl methyl sites for hydroxylation is 1. The average molecular weight is 275 g/mol. The molecule has 110 valence electrons. The van der Waals surface area contributed by atoms with E-state index in [9.17, 15) is 4.79 Å². The molecule has 4 heteroatoms. The van der Waals surface area contributed by atoms with Crippen molar-refractivity contribution in [1.82, 2.24) is 10.3 Å². The van der Waals surface area contributed by atoms with Gasteiger partial charge in [0.15, 0.2) is 0 Å². The Morgan fingerprint density at radius 3 is 2.80 bits per heavy atom. The summed E-state index contributed by atoms with van der Waals surface area (Å²) in [6.45, 7) is 3.05. The Labute approximate surface area is 121 Å². The molecule has 4 nitrogen and oxygen atoms in total. The highest BCUT2D eigenvalue weighted by Gasteiger charge is 2.37. The molecular weight excluding hydrogens is 250 g/mol. The van der Waals surface area contributed by atoms with Crippen molar-refractivity contribution in [1.29, 1.82) is 0 Å². The Bertz CT molecular complexity index is 453. The molecule has 0 saturated heterocycles. The van der Waals surface area contributed by atoms with E-state index in [1.807, 2.05) is 6.07 Å². The smallest absolute Gasteiger partial charge is 0.227 e. The van der Waals surface area contributed by atoms with E-state index in [-0.39, 0.29) is 11.3 Å². The van der Waals surface area contributed by atoms with Crippen molar-refractivity contribution in [3.63, 3.8) is 0 Å². The predicted octanol–water partition coefficient (Wildman–Crippen LogP) is 2.17. The summed E-state index contributed by atoms with van der Waals surface area (Å²) in [5.41, 5.74) is 7.70. The summed E-state index contributed by atoms with van der Waals surface area (Å²) >= 11 is 0. The number of aromatic nitrogens is 1. The summed E-state index contributed by atoms with van der Waals surface area (Å²) in [7, 11) is 0. The first-order valence-corrected chi connectivity index (χ1v) is 7.63. The van der Waals surface area contributed by atoms with Gasteiger partial charge < -0.3 is 11.1 Å². The molecule has 1 saturated carbocycles. The molecule has 3 N–H and O–H groups in total. The third kappa shape index (κ3) is 3.18. The molecule has 1 aliphatic carbocycles. The molecule has 0 aliphatic heterocycles. The van der Waals surface area contributed by atoms with Gasteiger partial charge >= 0.3 is 0 Å². The normalized spacial score (nSPS) is 17.7. The first-order valence-electron chi connectivity index (χ1n) is 7.63. The van der Waals surface area contributed by atoms with Crippen LogP contribution in [0.4, 0.5) is 0 Å². The maximum atomic E-state index is 12.5. The van der Waals surface area contributed by atoms with E-state index in [4.69, 9.17) is 5.73 Å². The van der Waals surface area contributed by atoms with Crippen molar-refractivity contribution in [2.75, 3.05) is 6.54 Å². The first kappa shape index (κ1) is 15.0. The second-order valence-electron chi connectivity index (χ2n) is 5.69. The maximum Gasteiger partial charge on any atom is 0.227 e. The fourth-order valence-electron chi connectivity index (χ4n) is 3.06. The summed E-state index contributed by atoms with van der Waals surface area (Å²) in [5.74, 6) is 0.104. The van der Waals surface area contributed by atoms with Crippen molar-refractivity contribution < 1.29 is 4.79 Å². The Morgan fingerprint density at radius 1 is 1.40 bits per heavy atom. The number of hydrogen-bond donors (Lipinski definition) is 2. The van der Waals surface area contributed by atoms with Crippen LogP contribution >= 0.6 is 0 Å². The van der Waals surface area contributed by atoms with Crippen LogP contribution in [0.25, 0.3) is 0 Å². The average Bonchev–Trinajstić information content (AvgIpc) is 2.53. The Balaban J connectivity index is 2.00. The largest absolute Gasteiger partial charge is 0.350 e. The number of nitrogens with two attached hydrogens (primary N) is 1. The van der Waals surface area contributed by atoms with Crippen LogP contribution in [0.5, 0.6) is 0 Å². The predicted molar refractivity (Wildman–Crippen MR) is 80.0 cm³/mol. The van der Waals surface area contributed by atoms with Gasteiger partial charge in [0.25, 0.3) is 0 Å². The highest BCUT2D eigenvalue weighted by atomic mass is 16.2. The number of carbonyl (C=O) groups excluding carboxylic acids is 1. The second kappa shape index (κ2) is 6.84. The van der Waals surface area contributed by atoms with E-state index in [1.54, 1.807) is 6.20 Å². The number of rotatable bonds is 5. The van der Waals surface area contributed by atoms with Crippen LogP contribution in [0.3, 0.4) is 0 Å². The topological polar surface area (TPSA) is 68.0 Å². The van der Waals surface area contributed by atoms with Gasteiger partial charge in [-0.1, -0.05) is 32.3 Å². The number of carbonyl (C=O) groups is 1. The number of pyridine rings is 1. The van der Waals surface area contributed by atoms with Crippen LogP contribution in [-0.2, 0) is 17.8 Å². The third-order valence-corrected chi connectivity index (χ3v) is 4.46. The first-order chi connectivity index (χ1) is 9.72. The molecule has 0 aromatic carbocycles. The maximum absolute atomic E-state index is 12.5. The molecule has 0 unspecified atom stereocenters. The highest BCUT2D eigenvalue weighted by Crippen LogP contribution is 2.35. The minimum Gasteiger partial charge on any atom is -0.350 e. The molecule has 1 aliphatic rings. The van der Waals surface area contributed by atoms with Gasteiger partial charge in [-0.25, -0.2) is 0 Å². The van der Waals surface area contributed by atoms with Gasteiger partial charge in [0.05, 0.1) is 17.7 Å². The van der Waals surface area contributed by atoms with Crippen LogP contribution in [0.2, 0.25) is 0 Å². The Hall–Kier alpha value is -1.42. The molecule has 20 heavy (non-hydrogen) atoms. The van der Waals surface area contributed by atoms with Crippen LogP contribution in [0.1, 0.15) is 50.3 Å². The van der Waals surface area contributed by atoms with E-state index < -0.39 is 0 Å². The lowest BCUT2D eigenvalue weighted by Gasteiger charge is -2.34. The Morgan fingerprint density at radius 2 is 2.15 bits per heavy atom. The van der Waals surface area contributed by atoms with Crippen LogP contribution in [0, 0.1) is 5.41 Å². The zero-order chi connectivity index (χ0) is 14.4. The fraction of sp³-hybridized carbons (Fsp3) is 0.625.